The van der Waals surface area contributed by atoms with E-state index in [9.17, 15) is 14.4 Å². The molecule has 1 heterocycles. The highest BCUT2D eigenvalue weighted by Crippen LogP contribution is 2.29. The number of nitrogens with zero attached hydrogens (tertiary/aromatic N) is 2. The first kappa shape index (κ1) is 14.7. The van der Waals surface area contributed by atoms with Crippen molar-refractivity contribution in [2.24, 2.45) is 0 Å². The molecule has 1 atom stereocenters. The summed E-state index contributed by atoms with van der Waals surface area (Å²) >= 11 is 0. The van der Waals surface area contributed by atoms with Crippen molar-refractivity contribution < 1.29 is 9.18 Å². The fourth-order valence-corrected chi connectivity index (χ4v) is 2.46. The summed E-state index contributed by atoms with van der Waals surface area (Å²) < 4.78 is 12.9. The summed E-state index contributed by atoms with van der Waals surface area (Å²) in [6.07, 6.45) is 6.55. The Morgan fingerprint density at radius 3 is 2.65 bits per heavy atom. The molecular weight excluding hydrogens is 291 g/mol. The van der Waals surface area contributed by atoms with Gasteiger partial charge in [-0.05, 0) is 41.5 Å². The van der Waals surface area contributed by atoms with Crippen LogP contribution in [0.5, 0.6) is 0 Å². The zero-order valence-corrected chi connectivity index (χ0v) is 12.2. The molecular formula is C19H13FN2O. The van der Waals surface area contributed by atoms with Crippen molar-refractivity contribution >= 4 is 23.7 Å². The van der Waals surface area contributed by atoms with Gasteiger partial charge in [0, 0.05) is 6.08 Å². The predicted molar refractivity (Wildman–Crippen MR) is 87.8 cm³/mol. The first-order chi connectivity index (χ1) is 11.2. The second-order valence-corrected chi connectivity index (χ2v) is 5.08. The molecule has 2 aromatic rings. The van der Waals surface area contributed by atoms with E-state index < -0.39 is 6.04 Å². The second-order valence-electron chi connectivity index (χ2n) is 5.08. The van der Waals surface area contributed by atoms with E-state index in [2.05, 4.69) is 6.07 Å². The Morgan fingerprint density at radius 1 is 1.17 bits per heavy atom. The molecule has 1 amide bonds. The minimum absolute atomic E-state index is 0.294. The van der Waals surface area contributed by atoms with E-state index in [1.165, 1.54) is 23.1 Å². The summed E-state index contributed by atoms with van der Waals surface area (Å²) in [6, 6.07) is 14.7. The molecule has 0 bridgehead atoms. The van der Waals surface area contributed by atoms with E-state index in [0.29, 0.717) is 11.3 Å². The maximum Gasteiger partial charge on any atom is 0.252 e. The van der Waals surface area contributed by atoms with Gasteiger partial charge in [-0.25, -0.2) is 4.39 Å². The number of para-hydroxylation sites is 1. The van der Waals surface area contributed by atoms with Gasteiger partial charge in [0.1, 0.15) is 11.9 Å². The molecule has 0 N–H and O–H groups in total. The lowest BCUT2D eigenvalue weighted by molar-refractivity contribution is -0.114. The lowest BCUT2D eigenvalue weighted by atomic mass is 10.0. The highest BCUT2D eigenvalue weighted by atomic mass is 19.1. The number of carbonyl (C=O) groups excluding carboxylic acids is 1. The Labute approximate surface area is 133 Å². The number of rotatable bonds is 2. The van der Waals surface area contributed by atoms with Crippen molar-refractivity contribution in [1.29, 1.82) is 5.26 Å². The molecule has 0 spiro atoms. The van der Waals surface area contributed by atoms with Gasteiger partial charge in [-0.1, -0.05) is 36.4 Å². The Bertz CT molecular complexity index is 831. The largest absolute Gasteiger partial charge is 0.288 e. The highest BCUT2D eigenvalue weighted by Gasteiger charge is 2.26. The maximum atomic E-state index is 12.9. The van der Waals surface area contributed by atoms with Crippen LogP contribution in [0.1, 0.15) is 11.1 Å². The van der Waals surface area contributed by atoms with Crippen LogP contribution in [0.4, 0.5) is 10.1 Å². The Hall–Kier alpha value is -3.19. The van der Waals surface area contributed by atoms with Crippen LogP contribution in [-0.2, 0) is 4.79 Å². The number of amides is 1. The van der Waals surface area contributed by atoms with Crippen molar-refractivity contribution in [3.8, 4) is 6.07 Å². The summed E-state index contributed by atoms with van der Waals surface area (Å²) in [5.41, 5.74) is 2.31. The van der Waals surface area contributed by atoms with E-state index >= 15 is 0 Å². The summed E-state index contributed by atoms with van der Waals surface area (Å²) in [7, 11) is 0. The molecule has 0 saturated carbocycles. The van der Waals surface area contributed by atoms with Crippen molar-refractivity contribution in [1.82, 2.24) is 0 Å². The standard InChI is InChI=1S/C19H13FN2O/c20-16-9-5-14(6-10-16)7-12-19(23)22-17(13-21)11-8-15-3-1-2-4-18(15)22/h1-12,17H/b12-7+. The SMILES string of the molecule is N#CC1C=Cc2ccccc2N1C(=O)/C=C/c1ccc(F)cc1. The first-order valence-corrected chi connectivity index (χ1v) is 7.13. The van der Waals surface area contributed by atoms with Crippen LogP contribution < -0.4 is 4.90 Å². The molecule has 2 aromatic carbocycles. The van der Waals surface area contributed by atoms with Crippen LogP contribution in [0, 0.1) is 17.1 Å². The van der Waals surface area contributed by atoms with Gasteiger partial charge in [0.05, 0.1) is 11.8 Å². The molecule has 3 nitrogen and oxygen atoms in total. The van der Waals surface area contributed by atoms with Gasteiger partial charge in [-0.15, -0.1) is 0 Å². The molecule has 1 aliphatic rings. The molecule has 0 radical (unpaired) electrons. The van der Waals surface area contributed by atoms with Gasteiger partial charge < -0.3 is 0 Å². The predicted octanol–water partition coefficient (Wildman–Crippen LogP) is 3.79. The molecule has 0 aliphatic carbocycles. The minimum atomic E-state index is -0.643. The summed E-state index contributed by atoms with van der Waals surface area (Å²) in [4.78, 5) is 14.0. The molecule has 0 fully saturated rings. The minimum Gasteiger partial charge on any atom is -0.288 e. The van der Waals surface area contributed by atoms with Gasteiger partial charge in [0.15, 0.2) is 0 Å². The second kappa shape index (κ2) is 6.29. The van der Waals surface area contributed by atoms with Gasteiger partial charge in [0.25, 0.3) is 5.91 Å². The van der Waals surface area contributed by atoms with Crippen molar-refractivity contribution in [3.05, 3.63) is 77.6 Å². The van der Waals surface area contributed by atoms with Crippen molar-refractivity contribution in [3.63, 3.8) is 0 Å². The third-order valence-corrected chi connectivity index (χ3v) is 3.59. The maximum absolute atomic E-state index is 12.9. The average Bonchev–Trinajstić information content (AvgIpc) is 2.60. The van der Waals surface area contributed by atoms with Gasteiger partial charge in [-0.2, -0.15) is 5.26 Å². The van der Waals surface area contributed by atoms with Gasteiger partial charge >= 0.3 is 0 Å². The monoisotopic (exact) mass is 304 g/mol. The summed E-state index contributed by atoms with van der Waals surface area (Å²) in [6.45, 7) is 0. The van der Waals surface area contributed by atoms with Crippen LogP contribution in [0.15, 0.2) is 60.7 Å². The number of halogens is 1. The molecule has 112 valence electrons. The van der Waals surface area contributed by atoms with Crippen molar-refractivity contribution in [2.75, 3.05) is 4.90 Å². The number of nitriles is 1. The highest BCUT2D eigenvalue weighted by molar-refractivity contribution is 6.06. The van der Waals surface area contributed by atoms with Crippen LogP contribution in [0.25, 0.3) is 12.2 Å². The molecule has 4 heteroatoms. The molecule has 3 rings (SSSR count). The molecule has 0 aromatic heterocycles. The smallest absolute Gasteiger partial charge is 0.252 e. The fraction of sp³-hybridized carbons (Fsp3) is 0.0526. The zero-order valence-electron chi connectivity index (χ0n) is 12.2. The molecule has 0 saturated heterocycles. The lowest BCUT2D eigenvalue weighted by Crippen LogP contribution is -2.39. The fourth-order valence-electron chi connectivity index (χ4n) is 2.46. The molecule has 23 heavy (non-hydrogen) atoms. The van der Waals surface area contributed by atoms with Crippen LogP contribution >= 0.6 is 0 Å². The number of fused-ring (bicyclic) bond motifs is 1. The Kier molecular flexibility index (Phi) is 4.03. The lowest BCUT2D eigenvalue weighted by Gasteiger charge is -2.29. The van der Waals surface area contributed by atoms with E-state index in [4.69, 9.17) is 0 Å². The quantitative estimate of drug-likeness (QED) is 0.792. The van der Waals surface area contributed by atoms with E-state index in [0.717, 1.165) is 5.56 Å². The molecule has 1 aliphatic heterocycles. The first-order valence-electron chi connectivity index (χ1n) is 7.13. The van der Waals surface area contributed by atoms with E-state index in [1.807, 2.05) is 30.3 Å². The van der Waals surface area contributed by atoms with E-state index in [-0.39, 0.29) is 11.7 Å². The van der Waals surface area contributed by atoms with Crippen LogP contribution in [0.3, 0.4) is 0 Å². The van der Waals surface area contributed by atoms with Gasteiger partial charge in [0.2, 0.25) is 0 Å². The summed E-state index contributed by atoms with van der Waals surface area (Å²) in [5, 5.41) is 9.29. The van der Waals surface area contributed by atoms with Gasteiger partial charge in [-0.3, -0.25) is 9.69 Å². The molecule has 1 unspecified atom stereocenters. The number of benzene rings is 2. The van der Waals surface area contributed by atoms with E-state index in [1.54, 1.807) is 24.3 Å². The Balaban J connectivity index is 1.89. The summed E-state index contributed by atoms with van der Waals surface area (Å²) in [5.74, 6) is -0.620. The number of anilines is 1. The average molecular weight is 304 g/mol. The topological polar surface area (TPSA) is 44.1 Å². The zero-order chi connectivity index (χ0) is 16.2. The Morgan fingerprint density at radius 2 is 1.91 bits per heavy atom. The number of hydrogen-bond acceptors (Lipinski definition) is 2. The van der Waals surface area contributed by atoms with Crippen LogP contribution in [-0.4, -0.2) is 11.9 Å². The number of hydrogen-bond donors (Lipinski definition) is 0. The number of carbonyl (C=O) groups is 1. The van der Waals surface area contributed by atoms with Crippen LogP contribution in [0.2, 0.25) is 0 Å². The normalized spacial score (nSPS) is 16.2. The third kappa shape index (κ3) is 3.04. The van der Waals surface area contributed by atoms with Crippen molar-refractivity contribution in [2.45, 2.75) is 6.04 Å². The third-order valence-electron chi connectivity index (χ3n) is 3.59.